The summed E-state index contributed by atoms with van der Waals surface area (Å²) in [6, 6.07) is 20.9. The highest BCUT2D eigenvalue weighted by molar-refractivity contribution is 9.10. The molecule has 0 bridgehead atoms. The zero-order chi connectivity index (χ0) is 18.1. The first-order valence-corrected chi connectivity index (χ1v) is 9.49. The van der Waals surface area contributed by atoms with E-state index in [1.54, 1.807) is 0 Å². The summed E-state index contributed by atoms with van der Waals surface area (Å²) in [4.78, 5) is 4.56. The molecule has 128 valence electrons. The van der Waals surface area contributed by atoms with Crippen molar-refractivity contribution >= 4 is 21.7 Å². The van der Waals surface area contributed by atoms with Gasteiger partial charge < -0.3 is 5.73 Å². The van der Waals surface area contributed by atoms with Gasteiger partial charge in [0, 0.05) is 15.7 Å². The fraction of sp³-hybridized carbons (Fsp3) is 0.182. The quantitative estimate of drug-likeness (QED) is 0.636. The lowest BCUT2D eigenvalue weighted by molar-refractivity contribution is 0.576. The third-order valence-corrected chi connectivity index (χ3v) is 5.58. The van der Waals surface area contributed by atoms with E-state index >= 15 is 0 Å². The Bertz CT molecular complexity index is 1010. The van der Waals surface area contributed by atoms with E-state index in [1.165, 1.54) is 5.56 Å². The number of anilines is 1. The Hall–Kier alpha value is -2.64. The molecule has 0 saturated heterocycles. The molecule has 2 aromatic carbocycles. The normalized spacial score (nSPS) is 15.9. The van der Waals surface area contributed by atoms with Crippen molar-refractivity contribution in [2.45, 2.75) is 25.2 Å². The summed E-state index contributed by atoms with van der Waals surface area (Å²) < 4.78 is 0.985. The molecular weight excluding hydrogens is 386 g/mol. The van der Waals surface area contributed by atoms with Crippen molar-refractivity contribution in [1.29, 1.82) is 5.26 Å². The van der Waals surface area contributed by atoms with Gasteiger partial charge in [-0.3, -0.25) is 0 Å². The van der Waals surface area contributed by atoms with Gasteiger partial charge in [-0.1, -0.05) is 58.4 Å². The molecule has 2 N–H and O–H groups in total. The maximum atomic E-state index is 9.73. The van der Waals surface area contributed by atoms with Crippen molar-refractivity contribution in [1.82, 2.24) is 4.98 Å². The van der Waals surface area contributed by atoms with E-state index in [0.717, 1.165) is 46.1 Å². The predicted octanol–water partition coefficient (Wildman–Crippen LogP) is 5.24. The molecule has 1 aromatic heterocycles. The summed E-state index contributed by atoms with van der Waals surface area (Å²) in [5.41, 5.74) is 12.1. The number of rotatable bonds is 2. The summed E-state index contributed by atoms with van der Waals surface area (Å²) in [7, 11) is 0. The van der Waals surface area contributed by atoms with E-state index in [2.05, 4.69) is 51.2 Å². The van der Waals surface area contributed by atoms with Gasteiger partial charge in [0.2, 0.25) is 0 Å². The number of benzene rings is 2. The van der Waals surface area contributed by atoms with E-state index < -0.39 is 0 Å². The van der Waals surface area contributed by atoms with Gasteiger partial charge in [-0.2, -0.15) is 5.26 Å². The van der Waals surface area contributed by atoms with E-state index in [0.29, 0.717) is 17.3 Å². The number of nitrogen functional groups attached to an aromatic ring is 1. The van der Waals surface area contributed by atoms with Crippen LogP contribution in [0.25, 0.3) is 11.1 Å². The largest absolute Gasteiger partial charge is 0.383 e. The second-order valence-electron chi connectivity index (χ2n) is 6.64. The van der Waals surface area contributed by atoms with Crippen LogP contribution in [0.15, 0.2) is 59.1 Å². The molecule has 0 spiro atoms. The first kappa shape index (κ1) is 16.8. The Labute approximate surface area is 161 Å². The molecule has 1 heterocycles. The molecule has 1 unspecified atom stereocenters. The zero-order valence-corrected chi connectivity index (χ0v) is 15.8. The molecule has 0 fully saturated rings. The summed E-state index contributed by atoms with van der Waals surface area (Å²) in [5, 5.41) is 9.73. The maximum absolute atomic E-state index is 9.73. The van der Waals surface area contributed by atoms with E-state index in [-0.39, 0.29) is 0 Å². The van der Waals surface area contributed by atoms with Crippen LogP contribution in [0, 0.1) is 11.3 Å². The molecule has 1 aliphatic rings. The van der Waals surface area contributed by atoms with Crippen LogP contribution in [0.5, 0.6) is 0 Å². The number of nitriles is 1. The van der Waals surface area contributed by atoms with E-state index in [9.17, 15) is 5.26 Å². The van der Waals surface area contributed by atoms with Gasteiger partial charge in [0.25, 0.3) is 0 Å². The molecular formula is C22H18BrN3. The Morgan fingerprint density at radius 2 is 1.92 bits per heavy atom. The number of fused-ring (bicyclic) bond motifs is 1. The average molecular weight is 404 g/mol. The van der Waals surface area contributed by atoms with Gasteiger partial charge in [0.1, 0.15) is 17.5 Å². The standard InChI is InChI=1S/C22H18BrN3/c23-17-8-4-7-16(11-17)21-18-12-15(14-5-2-1-3-6-14)9-10-20(18)26-22(25)19(21)13-24/h1-8,11,15H,9-10,12H2,(H2,25,26). The molecule has 4 heteroatoms. The highest BCUT2D eigenvalue weighted by atomic mass is 79.9. The lowest BCUT2D eigenvalue weighted by Gasteiger charge is -2.27. The second-order valence-corrected chi connectivity index (χ2v) is 7.56. The third kappa shape index (κ3) is 3.00. The molecule has 26 heavy (non-hydrogen) atoms. The minimum atomic E-state index is 0.333. The van der Waals surface area contributed by atoms with Crippen molar-refractivity contribution in [3.8, 4) is 17.2 Å². The predicted molar refractivity (Wildman–Crippen MR) is 108 cm³/mol. The third-order valence-electron chi connectivity index (χ3n) is 5.09. The lowest BCUT2D eigenvalue weighted by atomic mass is 9.78. The number of nitrogens with two attached hydrogens (primary N) is 1. The average Bonchev–Trinajstić information content (AvgIpc) is 2.67. The number of aromatic nitrogens is 1. The minimum Gasteiger partial charge on any atom is -0.383 e. The Kier molecular flexibility index (Phi) is 4.48. The number of pyridine rings is 1. The van der Waals surface area contributed by atoms with Crippen molar-refractivity contribution in [3.05, 3.63) is 81.5 Å². The van der Waals surface area contributed by atoms with Gasteiger partial charge in [-0.25, -0.2) is 4.98 Å². The Morgan fingerprint density at radius 3 is 2.65 bits per heavy atom. The van der Waals surface area contributed by atoms with Crippen LogP contribution in [0.3, 0.4) is 0 Å². The molecule has 1 aliphatic carbocycles. The second kappa shape index (κ2) is 6.93. The number of halogens is 1. The summed E-state index contributed by atoms with van der Waals surface area (Å²) >= 11 is 3.54. The van der Waals surface area contributed by atoms with Crippen LogP contribution in [-0.4, -0.2) is 4.98 Å². The van der Waals surface area contributed by atoms with Crippen LogP contribution in [0.4, 0.5) is 5.82 Å². The number of aryl methyl sites for hydroxylation is 1. The van der Waals surface area contributed by atoms with E-state index in [4.69, 9.17) is 5.73 Å². The van der Waals surface area contributed by atoms with Gasteiger partial charge in [0.15, 0.2) is 0 Å². The minimum absolute atomic E-state index is 0.333. The topological polar surface area (TPSA) is 62.7 Å². The molecule has 3 nitrogen and oxygen atoms in total. The number of hydrogen-bond acceptors (Lipinski definition) is 3. The first-order chi connectivity index (χ1) is 12.7. The van der Waals surface area contributed by atoms with Crippen molar-refractivity contribution < 1.29 is 0 Å². The van der Waals surface area contributed by atoms with Crippen LogP contribution in [0.2, 0.25) is 0 Å². The van der Waals surface area contributed by atoms with Crippen molar-refractivity contribution in [2.75, 3.05) is 5.73 Å². The lowest BCUT2D eigenvalue weighted by Crippen LogP contribution is -2.17. The highest BCUT2D eigenvalue weighted by Gasteiger charge is 2.27. The molecule has 4 rings (SSSR count). The zero-order valence-electron chi connectivity index (χ0n) is 14.2. The van der Waals surface area contributed by atoms with Gasteiger partial charge in [-0.15, -0.1) is 0 Å². The number of hydrogen-bond donors (Lipinski definition) is 1. The summed E-state index contributed by atoms with van der Waals surface area (Å²) in [6.07, 6.45) is 2.81. The molecule has 3 aromatic rings. The van der Waals surface area contributed by atoms with Gasteiger partial charge >= 0.3 is 0 Å². The van der Waals surface area contributed by atoms with Gasteiger partial charge in [0.05, 0.1) is 0 Å². The van der Waals surface area contributed by atoms with Gasteiger partial charge in [-0.05, 0) is 54.0 Å². The van der Waals surface area contributed by atoms with Crippen LogP contribution in [0.1, 0.15) is 34.7 Å². The molecule has 0 saturated carbocycles. The Morgan fingerprint density at radius 1 is 1.12 bits per heavy atom. The molecule has 1 atom stereocenters. The molecule has 0 amide bonds. The smallest absolute Gasteiger partial charge is 0.142 e. The van der Waals surface area contributed by atoms with Crippen LogP contribution in [-0.2, 0) is 12.8 Å². The Balaban J connectivity index is 1.89. The summed E-state index contributed by atoms with van der Waals surface area (Å²) in [6.45, 7) is 0. The van der Waals surface area contributed by atoms with E-state index in [1.807, 2.05) is 30.3 Å². The monoisotopic (exact) mass is 403 g/mol. The molecule has 0 aliphatic heterocycles. The fourth-order valence-electron chi connectivity index (χ4n) is 3.86. The fourth-order valence-corrected chi connectivity index (χ4v) is 4.26. The van der Waals surface area contributed by atoms with Crippen LogP contribution < -0.4 is 5.73 Å². The molecule has 0 radical (unpaired) electrons. The highest BCUT2D eigenvalue weighted by Crippen LogP contribution is 2.40. The van der Waals surface area contributed by atoms with Crippen molar-refractivity contribution in [2.24, 2.45) is 0 Å². The summed E-state index contributed by atoms with van der Waals surface area (Å²) in [5.74, 6) is 0.769. The van der Waals surface area contributed by atoms with Crippen LogP contribution >= 0.6 is 15.9 Å². The SMILES string of the molecule is N#Cc1c(N)nc2c(c1-c1cccc(Br)c1)CC(c1ccccc1)CC2. The van der Waals surface area contributed by atoms with Crippen molar-refractivity contribution in [3.63, 3.8) is 0 Å². The number of nitrogens with zero attached hydrogens (tertiary/aromatic N) is 2. The maximum Gasteiger partial charge on any atom is 0.142 e. The first-order valence-electron chi connectivity index (χ1n) is 8.69.